The molecule has 0 saturated heterocycles. The van der Waals surface area contributed by atoms with E-state index in [9.17, 15) is 8.42 Å². The third-order valence-electron chi connectivity index (χ3n) is 3.53. The Labute approximate surface area is 125 Å². The number of rotatable bonds is 5. The molecule has 2 atom stereocenters. The Morgan fingerprint density at radius 3 is 2.70 bits per heavy atom. The van der Waals surface area contributed by atoms with Gasteiger partial charge >= 0.3 is 0 Å². The van der Waals surface area contributed by atoms with Crippen LogP contribution < -0.4 is 4.72 Å². The van der Waals surface area contributed by atoms with Gasteiger partial charge in [-0.15, -0.1) is 0 Å². The highest BCUT2D eigenvalue weighted by Crippen LogP contribution is 2.27. The number of sulfonamides is 1. The number of thioether (sulfide) groups is 1. The minimum atomic E-state index is -3.35. The van der Waals surface area contributed by atoms with Gasteiger partial charge in [-0.1, -0.05) is 36.8 Å². The summed E-state index contributed by atoms with van der Waals surface area (Å²) in [7, 11) is -3.35. The lowest BCUT2D eigenvalue weighted by Crippen LogP contribution is -2.38. The van der Waals surface area contributed by atoms with E-state index in [1.165, 1.54) is 11.8 Å². The minimum absolute atomic E-state index is 0.0756. The summed E-state index contributed by atoms with van der Waals surface area (Å²) in [6.45, 7) is 0. The van der Waals surface area contributed by atoms with Gasteiger partial charge in [-0.3, -0.25) is 0 Å². The molecule has 20 heavy (non-hydrogen) atoms. The van der Waals surface area contributed by atoms with Gasteiger partial charge < -0.3 is 0 Å². The fourth-order valence-corrected chi connectivity index (χ4v) is 4.39. The SMILES string of the molecule is CSC1CCCC(NS(=O)(=O)C=Cc2ccccc2)C1. The Morgan fingerprint density at radius 1 is 1.25 bits per heavy atom. The molecule has 0 radical (unpaired) electrons. The van der Waals surface area contributed by atoms with Crippen molar-refractivity contribution in [2.45, 2.75) is 37.0 Å². The third kappa shape index (κ3) is 4.96. The van der Waals surface area contributed by atoms with Crippen LogP contribution in [0.1, 0.15) is 31.2 Å². The van der Waals surface area contributed by atoms with Gasteiger partial charge in [0.2, 0.25) is 10.0 Å². The Bertz CT molecular complexity index is 540. The van der Waals surface area contributed by atoms with E-state index < -0.39 is 10.0 Å². The molecule has 1 fully saturated rings. The smallest absolute Gasteiger partial charge is 0.209 e. The van der Waals surface area contributed by atoms with Crippen LogP contribution in [0.4, 0.5) is 0 Å². The van der Waals surface area contributed by atoms with Crippen molar-refractivity contribution in [2.75, 3.05) is 6.26 Å². The van der Waals surface area contributed by atoms with E-state index in [0.717, 1.165) is 24.8 Å². The van der Waals surface area contributed by atoms with Gasteiger partial charge in [0, 0.05) is 16.7 Å². The summed E-state index contributed by atoms with van der Waals surface area (Å²) in [6, 6.07) is 9.54. The second-order valence-corrected chi connectivity index (χ2v) is 7.83. The molecule has 110 valence electrons. The van der Waals surface area contributed by atoms with E-state index >= 15 is 0 Å². The van der Waals surface area contributed by atoms with E-state index in [0.29, 0.717) is 5.25 Å². The van der Waals surface area contributed by atoms with Gasteiger partial charge in [0.05, 0.1) is 0 Å². The minimum Gasteiger partial charge on any atom is -0.209 e. The van der Waals surface area contributed by atoms with Gasteiger partial charge in [-0.25, -0.2) is 13.1 Å². The molecule has 5 heteroatoms. The summed E-state index contributed by atoms with van der Waals surface area (Å²) < 4.78 is 26.9. The Kier molecular flexibility index (Phi) is 5.69. The maximum absolute atomic E-state index is 12.1. The largest absolute Gasteiger partial charge is 0.233 e. The van der Waals surface area contributed by atoms with Gasteiger partial charge in [-0.2, -0.15) is 11.8 Å². The number of hydrogen-bond donors (Lipinski definition) is 1. The van der Waals surface area contributed by atoms with Crippen molar-refractivity contribution < 1.29 is 8.42 Å². The van der Waals surface area contributed by atoms with Gasteiger partial charge in [0.15, 0.2) is 0 Å². The summed E-state index contributed by atoms with van der Waals surface area (Å²) in [4.78, 5) is 0. The van der Waals surface area contributed by atoms with Crippen molar-refractivity contribution in [3.8, 4) is 0 Å². The van der Waals surface area contributed by atoms with Crippen molar-refractivity contribution in [3.63, 3.8) is 0 Å². The van der Waals surface area contributed by atoms with E-state index in [2.05, 4.69) is 11.0 Å². The van der Waals surface area contributed by atoms with E-state index in [4.69, 9.17) is 0 Å². The zero-order valence-corrected chi connectivity index (χ0v) is 13.3. The van der Waals surface area contributed by atoms with Crippen LogP contribution in [0, 0.1) is 0 Å². The molecule has 3 nitrogen and oxygen atoms in total. The molecule has 0 spiro atoms. The van der Waals surface area contributed by atoms with Crippen LogP contribution in [0.15, 0.2) is 35.7 Å². The molecular formula is C15H21NO2S2. The first-order chi connectivity index (χ1) is 9.59. The fourth-order valence-electron chi connectivity index (χ4n) is 2.47. The summed E-state index contributed by atoms with van der Waals surface area (Å²) >= 11 is 1.83. The highest BCUT2D eigenvalue weighted by molar-refractivity contribution is 7.99. The molecule has 0 aromatic heterocycles. The third-order valence-corrected chi connectivity index (χ3v) is 5.78. The second kappa shape index (κ2) is 7.29. The molecule has 0 aliphatic heterocycles. The molecule has 2 rings (SSSR count). The van der Waals surface area contributed by atoms with Crippen molar-refractivity contribution in [2.24, 2.45) is 0 Å². The van der Waals surface area contributed by atoms with Gasteiger partial charge in [-0.05, 0) is 37.2 Å². The van der Waals surface area contributed by atoms with Crippen LogP contribution in [0.2, 0.25) is 0 Å². The zero-order chi connectivity index (χ0) is 14.4. The topological polar surface area (TPSA) is 46.2 Å². The highest BCUT2D eigenvalue weighted by Gasteiger charge is 2.23. The van der Waals surface area contributed by atoms with E-state index in [-0.39, 0.29) is 6.04 Å². The molecular weight excluding hydrogens is 290 g/mol. The number of hydrogen-bond acceptors (Lipinski definition) is 3. The standard InChI is InChI=1S/C15H21NO2S2/c1-19-15-9-5-8-14(12-15)16-20(17,18)11-10-13-6-3-2-4-7-13/h2-4,6-7,10-11,14-16H,5,8-9,12H2,1H3. The van der Waals surface area contributed by atoms with Crippen LogP contribution in [0.5, 0.6) is 0 Å². The monoisotopic (exact) mass is 311 g/mol. The van der Waals surface area contributed by atoms with Gasteiger partial charge in [0.1, 0.15) is 0 Å². The average molecular weight is 311 g/mol. The number of benzene rings is 1. The Hall–Kier alpha value is -0.780. The first-order valence-electron chi connectivity index (χ1n) is 6.87. The Morgan fingerprint density at radius 2 is 2.00 bits per heavy atom. The normalized spacial score (nSPS) is 24.1. The molecule has 2 unspecified atom stereocenters. The molecule has 1 aromatic rings. The quantitative estimate of drug-likeness (QED) is 0.908. The van der Waals surface area contributed by atoms with Crippen molar-refractivity contribution in [3.05, 3.63) is 41.3 Å². The predicted molar refractivity (Wildman–Crippen MR) is 87.1 cm³/mol. The predicted octanol–water partition coefficient (Wildman–Crippen LogP) is 3.25. The van der Waals surface area contributed by atoms with Crippen molar-refractivity contribution in [1.82, 2.24) is 4.72 Å². The first-order valence-corrected chi connectivity index (χ1v) is 9.71. The van der Waals surface area contributed by atoms with Crippen LogP contribution in [-0.4, -0.2) is 26.0 Å². The highest BCUT2D eigenvalue weighted by atomic mass is 32.2. The molecule has 1 saturated carbocycles. The van der Waals surface area contributed by atoms with Crippen molar-refractivity contribution in [1.29, 1.82) is 0 Å². The van der Waals surface area contributed by atoms with E-state index in [1.807, 2.05) is 42.1 Å². The molecule has 1 aromatic carbocycles. The van der Waals surface area contributed by atoms with E-state index in [1.54, 1.807) is 6.08 Å². The van der Waals surface area contributed by atoms with Crippen LogP contribution in [0.3, 0.4) is 0 Å². The lowest BCUT2D eigenvalue weighted by atomic mass is 9.96. The maximum atomic E-state index is 12.1. The molecule has 0 bridgehead atoms. The second-order valence-electron chi connectivity index (χ2n) is 5.10. The van der Waals surface area contributed by atoms with Crippen LogP contribution in [-0.2, 0) is 10.0 Å². The van der Waals surface area contributed by atoms with Crippen LogP contribution in [0.25, 0.3) is 6.08 Å². The summed E-state index contributed by atoms with van der Waals surface area (Å²) in [5, 5.41) is 1.85. The average Bonchev–Trinajstić information content (AvgIpc) is 2.46. The molecule has 1 aliphatic rings. The Balaban J connectivity index is 1.95. The first kappa shape index (κ1) is 15.6. The molecule has 0 amide bonds. The summed E-state index contributed by atoms with van der Waals surface area (Å²) in [6.07, 6.45) is 7.89. The lowest BCUT2D eigenvalue weighted by molar-refractivity contribution is 0.422. The lowest BCUT2D eigenvalue weighted by Gasteiger charge is -2.27. The fraction of sp³-hybridized carbons (Fsp3) is 0.467. The summed E-state index contributed by atoms with van der Waals surface area (Å²) in [5.41, 5.74) is 0.892. The molecule has 0 heterocycles. The maximum Gasteiger partial charge on any atom is 0.233 e. The van der Waals surface area contributed by atoms with Crippen LogP contribution >= 0.6 is 11.8 Å². The summed E-state index contributed by atoms with van der Waals surface area (Å²) in [5.74, 6) is 0. The number of nitrogens with one attached hydrogen (secondary N) is 1. The zero-order valence-electron chi connectivity index (χ0n) is 11.7. The molecule has 1 N–H and O–H groups in total. The van der Waals surface area contributed by atoms with Gasteiger partial charge in [0.25, 0.3) is 0 Å². The van der Waals surface area contributed by atoms with Crippen molar-refractivity contribution >= 4 is 27.9 Å². The molecule has 1 aliphatic carbocycles.